The normalized spacial score (nSPS) is 33.9. The van der Waals surface area contributed by atoms with Gasteiger partial charge >= 0.3 is 0 Å². The maximum atomic E-state index is 11.8. The molecule has 3 nitrogen and oxygen atoms in total. The van der Waals surface area contributed by atoms with Gasteiger partial charge in [-0.15, -0.1) is 0 Å². The average molecular weight is 316 g/mol. The van der Waals surface area contributed by atoms with E-state index < -0.39 is 11.4 Å². The highest BCUT2D eigenvalue weighted by Crippen LogP contribution is 2.61. The number of hydrogen-bond acceptors (Lipinski definition) is 3. The van der Waals surface area contributed by atoms with E-state index in [2.05, 4.69) is 18.2 Å². The fourth-order valence-electron chi connectivity index (χ4n) is 4.92. The Balaban J connectivity index is 1.71. The van der Waals surface area contributed by atoms with Gasteiger partial charge in [-0.3, -0.25) is 0 Å². The van der Waals surface area contributed by atoms with Crippen LogP contribution in [0.5, 0.6) is 0 Å². The minimum atomic E-state index is -0.973. The van der Waals surface area contributed by atoms with E-state index in [1.165, 1.54) is 44.1 Å². The molecule has 1 saturated carbocycles. The molecule has 1 aromatic carbocycles. The molecule has 1 aromatic rings. The van der Waals surface area contributed by atoms with Crippen LogP contribution in [0.2, 0.25) is 0 Å². The van der Waals surface area contributed by atoms with Gasteiger partial charge in [0.2, 0.25) is 5.79 Å². The van der Waals surface area contributed by atoms with E-state index >= 15 is 0 Å². The maximum absolute atomic E-state index is 11.8. The molecular weight excluding hydrogens is 288 g/mol. The molecule has 0 radical (unpaired) electrons. The Labute approximate surface area is 139 Å². The molecule has 1 spiro atoms. The van der Waals surface area contributed by atoms with Crippen molar-refractivity contribution < 1.29 is 14.6 Å². The zero-order valence-electron chi connectivity index (χ0n) is 13.9. The molecular formula is C20H28O3. The van der Waals surface area contributed by atoms with Crippen LogP contribution in [-0.2, 0) is 15.1 Å². The SMILES string of the molecule is OC12c3ccccc3C1CCCCCCCCCC21OCCO1. The summed E-state index contributed by atoms with van der Waals surface area (Å²) in [6.45, 7) is 1.19. The van der Waals surface area contributed by atoms with Gasteiger partial charge in [0.1, 0.15) is 0 Å². The molecule has 2 atom stereocenters. The Bertz CT molecular complexity index is 550. The van der Waals surface area contributed by atoms with Crippen molar-refractivity contribution in [3.8, 4) is 0 Å². The van der Waals surface area contributed by atoms with Gasteiger partial charge in [-0.05, 0) is 24.0 Å². The van der Waals surface area contributed by atoms with Gasteiger partial charge in [-0.2, -0.15) is 0 Å². The Kier molecular flexibility index (Phi) is 4.21. The summed E-state index contributed by atoms with van der Waals surface area (Å²) in [4.78, 5) is 0. The van der Waals surface area contributed by atoms with Crippen molar-refractivity contribution >= 4 is 0 Å². The van der Waals surface area contributed by atoms with Crippen molar-refractivity contribution in [1.29, 1.82) is 0 Å². The maximum Gasteiger partial charge on any atom is 0.202 e. The highest BCUT2D eigenvalue weighted by molar-refractivity contribution is 5.49. The molecule has 0 aromatic heterocycles. The molecule has 126 valence electrons. The van der Waals surface area contributed by atoms with Crippen molar-refractivity contribution in [2.24, 2.45) is 0 Å². The molecule has 3 heteroatoms. The molecule has 2 fully saturated rings. The Morgan fingerprint density at radius 3 is 2.30 bits per heavy atom. The third kappa shape index (κ3) is 2.36. The number of fused-ring (bicyclic) bond motifs is 5. The molecule has 1 saturated heterocycles. The van der Waals surface area contributed by atoms with Gasteiger partial charge in [-0.1, -0.05) is 62.8 Å². The van der Waals surface area contributed by atoms with Crippen molar-refractivity contribution in [3.63, 3.8) is 0 Å². The lowest BCUT2D eigenvalue weighted by Gasteiger charge is -2.55. The topological polar surface area (TPSA) is 38.7 Å². The minimum absolute atomic E-state index is 0.149. The first-order valence-electron chi connectivity index (χ1n) is 9.38. The first-order chi connectivity index (χ1) is 11.3. The third-order valence-electron chi connectivity index (χ3n) is 6.08. The van der Waals surface area contributed by atoms with Crippen LogP contribution in [0, 0.1) is 0 Å². The zero-order valence-corrected chi connectivity index (χ0v) is 13.9. The van der Waals surface area contributed by atoms with Crippen LogP contribution in [0.4, 0.5) is 0 Å². The van der Waals surface area contributed by atoms with E-state index in [1.807, 2.05) is 6.07 Å². The third-order valence-corrected chi connectivity index (χ3v) is 6.08. The largest absolute Gasteiger partial charge is 0.379 e. The Hall–Kier alpha value is -0.900. The number of aliphatic hydroxyl groups is 1. The first-order valence-corrected chi connectivity index (χ1v) is 9.38. The second-order valence-corrected chi connectivity index (χ2v) is 7.37. The fraction of sp³-hybridized carbons (Fsp3) is 0.700. The van der Waals surface area contributed by atoms with Crippen molar-refractivity contribution in [2.75, 3.05) is 13.2 Å². The van der Waals surface area contributed by atoms with E-state index in [0.29, 0.717) is 13.2 Å². The summed E-state index contributed by atoms with van der Waals surface area (Å²) in [6.07, 6.45) is 10.5. The highest BCUT2D eigenvalue weighted by Gasteiger charge is 2.65. The van der Waals surface area contributed by atoms with Gasteiger partial charge in [0.25, 0.3) is 0 Å². The number of benzene rings is 1. The summed E-state index contributed by atoms with van der Waals surface area (Å²) in [7, 11) is 0. The van der Waals surface area contributed by atoms with Crippen LogP contribution in [0.1, 0.15) is 74.8 Å². The Morgan fingerprint density at radius 2 is 1.52 bits per heavy atom. The predicted octanol–water partition coefficient (Wildman–Crippen LogP) is 4.24. The van der Waals surface area contributed by atoms with Crippen molar-refractivity contribution in [3.05, 3.63) is 35.4 Å². The summed E-state index contributed by atoms with van der Waals surface area (Å²) in [5.41, 5.74) is 1.36. The van der Waals surface area contributed by atoms with E-state index in [9.17, 15) is 5.11 Å². The lowest BCUT2D eigenvalue weighted by Crippen LogP contribution is -2.61. The molecule has 3 aliphatic rings. The van der Waals surface area contributed by atoms with E-state index in [-0.39, 0.29) is 5.92 Å². The number of rotatable bonds is 0. The minimum Gasteiger partial charge on any atom is -0.379 e. The molecule has 1 N–H and O–H groups in total. The second-order valence-electron chi connectivity index (χ2n) is 7.37. The van der Waals surface area contributed by atoms with E-state index in [1.54, 1.807) is 0 Å². The standard InChI is InChI=1S/C20H28O3/c21-20-17(16-10-7-8-12-18(16)20)11-6-4-2-1-3-5-9-13-19(20)22-14-15-23-19/h7-8,10,12,17,21H,1-6,9,11,13-15H2. The fourth-order valence-corrected chi connectivity index (χ4v) is 4.92. The van der Waals surface area contributed by atoms with E-state index in [4.69, 9.17) is 9.47 Å². The molecule has 0 bridgehead atoms. The zero-order chi connectivity index (χ0) is 15.8. The van der Waals surface area contributed by atoms with Gasteiger partial charge in [0.05, 0.1) is 13.2 Å². The molecule has 1 aliphatic heterocycles. The molecule has 4 rings (SSSR count). The average Bonchev–Trinajstić information content (AvgIpc) is 3.05. The van der Waals surface area contributed by atoms with Crippen LogP contribution in [0.15, 0.2) is 24.3 Å². The van der Waals surface area contributed by atoms with Crippen LogP contribution in [0.25, 0.3) is 0 Å². The summed E-state index contributed by atoms with van der Waals surface area (Å²) in [5, 5.41) is 11.8. The van der Waals surface area contributed by atoms with Crippen LogP contribution >= 0.6 is 0 Å². The predicted molar refractivity (Wildman–Crippen MR) is 89.3 cm³/mol. The summed E-state index contributed by atoms with van der Waals surface area (Å²) in [5.74, 6) is -0.679. The molecule has 0 amide bonds. The summed E-state index contributed by atoms with van der Waals surface area (Å²) < 4.78 is 12.2. The van der Waals surface area contributed by atoms with Crippen molar-refractivity contribution in [1.82, 2.24) is 0 Å². The number of hydrogen-bond donors (Lipinski definition) is 1. The molecule has 2 unspecified atom stereocenters. The van der Waals surface area contributed by atoms with Gasteiger partial charge < -0.3 is 14.6 Å². The second kappa shape index (κ2) is 6.19. The van der Waals surface area contributed by atoms with E-state index in [0.717, 1.165) is 24.8 Å². The summed E-state index contributed by atoms with van der Waals surface area (Å²) in [6, 6.07) is 8.33. The van der Waals surface area contributed by atoms with Gasteiger partial charge in [0.15, 0.2) is 5.60 Å². The van der Waals surface area contributed by atoms with Crippen LogP contribution < -0.4 is 0 Å². The number of ether oxygens (including phenoxy) is 2. The Morgan fingerprint density at radius 1 is 0.870 bits per heavy atom. The highest BCUT2D eigenvalue weighted by atomic mass is 16.7. The quantitative estimate of drug-likeness (QED) is 0.778. The lowest BCUT2D eigenvalue weighted by molar-refractivity contribution is -0.299. The molecule has 1 heterocycles. The smallest absolute Gasteiger partial charge is 0.202 e. The van der Waals surface area contributed by atoms with Gasteiger partial charge in [-0.25, -0.2) is 0 Å². The lowest BCUT2D eigenvalue weighted by atomic mass is 9.58. The molecule has 2 aliphatic carbocycles. The van der Waals surface area contributed by atoms with Gasteiger partial charge in [0, 0.05) is 12.3 Å². The summed E-state index contributed by atoms with van der Waals surface area (Å²) >= 11 is 0. The van der Waals surface area contributed by atoms with Crippen LogP contribution in [-0.4, -0.2) is 24.1 Å². The monoisotopic (exact) mass is 316 g/mol. The van der Waals surface area contributed by atoms with Crippen molar-refractivity contribution in [2.45, 2.75) is 75.1 Å². The molecule has 23 heavy (non-hydrogen) atoms. The van der Waals surface area contributed by atoms with Crippen LogP contribution in [0.3, 0.4) is 0 Å². The first kappa shape index (κ1) is 15.6.